The van der Waals surface area contributed by atoms with Crippen LogP contribution in [0, 0.1) is 0 Å². The van der Waals surface area contributed by atoms with Gasteiger partial charge in [0.2, 0.25) is 0 Å². The van der Waals surface area contributed by atoms with Crippen LogP contribution in [0.3, 0.4) is 0 Å². The molecule has 2 rings (SSSR count). The topological polar surface area (TPSA) is 69.6 Å². The van der Waals surface area contributed by atoms with Gasteiger partial charge in [0.15, 0.2) is 6.29 Å². The van der Waals surface area contributed by atoms with Gasteiger partial charge >= 0.3 is 29.6 Å². The minimum atomic E-state index is -2.76. The van der Waals surface area contributed by atoms with Crippen molar-refractivity contribution < 1.29 is 47.6 Å². The molecular formula is C14H13NaO4S. The van der Waals surface area contributed by atoms with Gasteiger partial charge in [0.05, 0.1) is 17.3 Å². The summed E-state index contributed by atoms with van der Waals surface area (Å²) in [4.78, 5) is 0. The largest absolute Gasteiger partial charge is 1.00 e. The summed E-state index contributed by atoms with van der Waals surface area (Å²) in [5.41, 5.74) is 1.57. The molecule has 1 N–H and O–H groups in total. The quantitative estimate of drug-likeness (QED) is 0.435. The van der Waals surface area contributed by atoms with Gasteiger partial charge in [-0.15, -0.1) is 0 Å². The molecule has 0 saturated heterocycles. The van der Waals surface area contributed by atoms with E-state index in [4.69, 9.17) is 0 Å². The molecule has 0 spiro atoms. The van der Waals surface area contributed by atoms with E-state index in [-0.39, 0.29) is 29.6 Å². The average Bonchev–Trinajstić information content (AvgIpc) is 2.40. The van der Waals surface area contributed by atoms with E-state index < -0.39 is 23.6 Å². The Kier molecular flexibility index (Phi) is 7.61. The van der Waals surface area contributed by atoms with Crippen LogP contribution in [0.5, 0.6) is 0 Å². The van der Waals surface area contributed by atoms with Crippen LogP contribution in [0.15, 0.2) is 60.7 Å². The fourth-order valence-electron chi connectivity index (χ4n) is 1.98. The molecule has 2 aromatic rings. The zero-order valence-corrected chi connectivity index (χ0v) is 13.8. The molecule has 2 aromatic carbocycles. The maximum Gasteiger partial charge on any atom is 1.00 e. The number of hydrogen-bond acceptors (Lipinski definition) is 4. The van der Waals surface area contributed by atoms with Crippen LogP contribution in [-0.2, 0) is 15.5 Å². The number of aliphatic hydroxyl groups excluding tert-OH is 1. The fourth-order valence-corrected chi connectivity index (χ4v) is 2.25. The summed E-state index contributed by atoms with van der Waals surface area (Å²) in [7, 11) is 0. The Morgan fingerprint density at radius 2 is 1.35 bits per heavy atom. The van der Waals surface area contributed by atoms with E-state index in [0.717, 1.165) is 11.1 Å². The molecule has 0 aliphatic rings. The molecule has 0 radical (unpaired) electrons. The summed E-state index contributed by atoms with van der Waals surface area (Å²) >= 11 is -2.76. The Morgan fingerprint density at radius 1 is 0.950 bits per heavy atom. The van der Waals surface area contributed by atoms with Gasteiger partial charge in [0.1, 0.15) is 0 Å². The van der Waals surface area contributed by atoms with Crippen molar-refractivity contribution in [1.29, 1.82) is 0 Å². The summed E-state index contributed by atoms with van der Waals surface area (Å²) < 4.78 is 25.7. The summed E-state index contributed by atoms with van der Waals surface area (Å²) in [6, 6.07) is 18.3. The van der Waals surface area contributed by atoms with Crippen molar-refractivity contribution in [2.24, 2.45) is 0 Å². The molecule has 0 aromatic heterocycles. The predicted octanol–water partition coefficient (Wildman–Crippen LogP) is -1.05. The molecule has 0 amide bonds. The summed E-state index contributed by atoms with van der Waals surface area (Å²) in [6.45, 7) is 0. The Morgan fingerprint density at radius 3 is 1.70 bits per heavy atom. The molecule has 0 bridgehead atoms. The van der Waals surface area contributed by atoms with Gasteiger partial charge in [-0.25, -0.2) is 4.21 Å². The van der Waals surface area contributed by atoms with E-state index in [9.17, 15) is 13.9 Å². The van der Waals surface area contributed by atoms with Crippen LogP contribution >= 0.6 is 0 Å². The van der Waals surface area contributed by atoms with Crippen molar-refractivity contribution in [3.8, 4) is 0 Å². The van der Waals surface area contributed by atoms with Crippen LogP contribution in [0.4, 0.5) is 0 Å². The third-order valence-electron chi connectivity index (χ3n) is 2.78. The Hall–Kier alpha value is -0.530. The van der Waals surface area contributed by atoms with Gasteiger partial charge in [-0.3, -0.25) is 4.18 Å². The summed E-state index contributed by atoms with van der Waals surface area (Å²) in [5.74, 6) is -0.555. The van der Waals surface area contributed by atoms with Gasteiger partial charge in [0.25, 0.3) is 0 Å². The van der Waals surface area contributed by atoms with Gasteiger partial charge in [-0.05, 0) is 11.1 Å². The van der Waals surface area contributed by atoms with E-state index in [1.54, 1.807) is 0 Å². The third-order valence-corrected chi connectivity index (χ3v) is 3.13. The second-order valence-electron chi connectivity index (χ2n) is 3.99. The minimum absolute atomic E-state index is 0. The molecule has 0 aliphatic heterocycles. The zero-order chi connectivity index (χ0) is 13.7. The van der Waals surface area contributed by atoms with Crippen molar-refractivity contribution in [2.75, 3.05) is 0 Å². The van der Waals surface area contributed by atoms with Crippen molar-refractivity contribution in [3.05, 3.63) is 71.8 Å². The third kappa shape index (κ3) is 4.79. The zero-order valence-electron chi connectivity index (χ0n) is 11.0. The molecule has 0 saturated carbocycles. The van der Waals surface area contributed by atoms with Crippen molar-refractivity contribution in [1.82, 2.24) is 0 Å². The maximum atomic E-state index is 10.6. The molecule has 2 unspecified atom stereocenters. The molecule has 100 valence electrons. The first-order valence-electron chi connectivity index (χ1n) is 5.73. The van der Waals surface area contributed by atoms with E-state index in [1.807, 2.05) is 60.7 Å². The van der Waals surface area contributed by atoms with Crippen LogP contribution in [0.25, 0.3) is 0 Å². The van der Waals surface area contributed by atoms with E-state index in [0.29, 0.717) is 0 Å². The van der Waals surface area contributed by atoms with Crippen LogP contribution in [0.1, 0.15) is 17.0 Å². The minimum Gasteiger partial charge on any atom is -0.750 e. The maximum absolute atomic E-state index is 10.6. The van der Waals surface area contributed by atoms with Crippen molar-refractivity contribution in [3.63, 3.8) is 0 Å². The summed E-state index contributed by atoms with van der Waals surface area (Å²) in [5, 5.41) is 9.97. The fraction of sp³-hybridized carbons (Fsp3) is 0.143. The number of aliphatic hydroxyl groups is 1. The first-order valence-corrected chi connectivity index (χ1v) is 6.73. The van der Waals surface area contributed by atoms with Gasteiger partial charge in [0, 0.05) is 0 Å². The Balaban J connectivity index is 0.00000200. The molecule has 6 heteroatoms. The van der Waals surface area contributed by atoms with E-state index >= 15 is 0 Å². The smallest absolute Gasteiger partial charge is 0.750 e. The normalized spacial score (nSPS) is 13.6. The van der Waals surface area contributed by atoms with Gasteiger partial charge < -0.3 is 9.66 Å². The van der Waals surface area contributed by atoms with Crippen molar-refractivity contribution in [2.45, 2.75) is 12.2 Å². The molecule has 2 atom stereocenters. The monoisotopic (exact) mass is 300 g/mol. The first-order chi connectivity index (χ1) is 9.18. The molecular weight excluding hydrogens is 287 g/mol. The summed E-state index contributed by atoms with van der Waals surface area (Å²) in [6.07, 6.45) is -1.46. The average molecular weight is 300 g/mol. The standard InChI is InChI=1S/C14H14O4S.Na/c15-14(18-19(16)17)13(11-7-3-1-4-8-11)12-9-5-2-6-10-12;/h1-10,13-15H,(H,16,17);/q;+1/p-1. The second kappa shape index (κ2) is 8.69. The van der Waals surface area contributed by atoms with Gasteiger partial charge in [-0.2, -0.15) is 0 Å². The van der Waals surface area contributed by atoms with Crippen LogP contribution in [-0.4, -0.2) is 20.2 Å². The van der Waals surface area contributed by atoms with E-state index in [2.05, 4.69) is 4.18 Å². The molecule has 4 nitrogen and oxygen atoms in total. The SMILES string of the molecule is O=S([O-])OC(O)C(c1ccccc1)c1ccccc1.[Na+]. The van der Waals surface area contributed by atoms with Crippen molar-refractivity contribution >= 4 is 11.4 Å². The first kappa shape index (κ1) is 17.5. The number of hydrogen-bond donors (Lipinski definition) is 1. The number of rotatable bonds is 5. The second-order valence-corrected chi connectivity index (χ2v) is 4.59. The molecule has 0 heterocycles. The van der Waals surface area contributed by atoms with Gasteiger partial charge in [-0.1, -0.05) is 60.7 Å². The Bertz CT molecular complexity index is 496. The Labute approximate surface area is 142 Å². The van der Waals surface area contributed by atoms with Crippen LogP contribution in [0.2, 0.25) is 0 Å². The molecule has 20 heavy (non-hydrogen) atoms. The van der Waals surface area contributed by atoms with Crippen LogP contribution < -0.4 is 29.6 Å². The molecule has 0 aliphatic carbocycles. The molecule has 0 fully saturated rings. The number of benzene rings is 2. The predicted molar refractivity (Wildman–Crippen MR) is 70.7 cm³/mol. The van der Waals surface area contributed by atoms with E-state index in [1.165, 1.54) is 0 Å².